The summed E-state index contributed by atoms with van der Waals surface area (Å²) in [7, 11) is 0. The maximum Gasteiger partial charge on any atom is 0.335 e. The second-order valence-corrected chi connectivity index (χ2v) is 7.22. The molecule has 0 amide bonds. The third-order valence-electron chi connectivity index (χ3n) is 4.96. The molecule has 3 aromatic carbocycles. The number of carboxylic acids is 1. The van der Waals surface area contributed by atoms with Crippen molar-refractivity contribution < 1.29 is 9.90 Å². The molecule has 0 fully saturated rings. The summed E-state index contributed by atoms with van der Waals surface area (Å²) in [5.74, 6) is -0.859. The molecule has 0 aliphatic carbocycles. The lowest BCUT2D eigenvalue weighted by Gasteiger charge is -2.08. The predicted octanol–water partition coefficient (Wildman–Crippen LogP) is 6.59. The number of benzene rings is 3. The van der Waals surface area contributed by atoms with Crippen LogP contribution in [0.25, 0.3) is 11.1 Å². The molecule has 0 aliphatic rings. The fourth-order valence-electron chi connectivity index (χ4n) is 2.90. The lowest BCUT2D eigenvalue weighted by molar-refractivity contribution is 0.0696. The standard InChI is InChI=1S/C16H18.C9H10O2/c1-11-5-7-15(9-13(11)3)16-8-6-12(2)14(4)10-16;1-6-3-4-8(9(10)11)7(2)5-6/h5-10H,1-4H3;3-5H,1-2H3,(H,10,11). The zero-order chi connectivity index (χ0) is 20.1. The highest BCUT2D eigenvalue weighted by Crippen LogP contribution is 2.24. The molecule has 3 rings (SSSR count). The molecule has 0 aromatic heterocycles. The number of rotatable bonds is 2. The Labute approximate surface area is 162 Å². The highest BCUT2D eigenvalue weighted by molar-refractivity contribution is 5.89. The SMILES string of the molecule is Cc1ccc(-c2ccc(C)c(C)c2)cc1C.Cc1ccc(C(=O)O)c(C)c1. The first-order valence-corrected chi connectivity index (χ1v) is 9.14. The van der Waals surface area contributed by atoms with E-state index < -0.39 is 5.97 Å². The van der Waals surface area contributed by atoms with Crippen LogP contribution in [0.4, 0.5) is 0 Å². The van der Waals surface area contributed by atoms with Gasteiger partial charge < -0.3 is 5.11 Å². The van der Waals surface area contributed by atoms with Crippen molar-refractivity contribution in [2.24, 2.45) is 0 Å². The molecular formula is C25H28O2. The molecule has 2 nitrogen and oxygen atoms in total. The maximum absolute atomic E-state index is 10.5. The Morgan fingerprint density at radius 3 is 1.44 bits per heavy atom. The van der Waals surface area contributed by atoms with Crippen molar-refractivity contribution in [1.82, 2.24) is 0 Å². The zero-order valence-corrected chi connectivity index (χ0v) is 17.1. The molecule has 0 radical (unpaired) electrons. The van der Waals surface area contributed by atoms with Crippen LogP contribution in [-0.2, 0) is 0 Å². The van der Waals surface area contributed by atoms with Crippen molar-refractivity contribution in [3.63, 3.8) is 0 Å². The topological polar surface area (TPSA) is 37.3 Å². The summed E-state index contributed by atoms with van der Waals surface area (Å²) in [6, 6.07) is 18.6. The smallest absolute Gasteiger partial charge is 0.335 e. The van der Waals surface area contributed by atoms with Crippen LogP contribution in [0, 0.1) is 41.5 Å². The number of aryl methyl sites for hydroxylation is 6. The summed E-state index contributed by atoms with van der Waals surface area (Å²) in [6.07, 6.45) is 0. The van der Waals surface area contributed by atoms with Crippen molar-refractivity contribution in [2.45, 2.75) is 41.5 Å². The fraction of sp³-hybridized carbons (Fsp3) is 0.240. The van der Waals surface area contributed by atoms with E-state index in [1.54, 1.807) is 19.1 Å². The van der Waals surface area contributed by atoms with E-state index in [4.69, 9.17) is 5.11 Å². The molecule has 27 heavy (non-hydrogen) atoms. The van der Waals surface area contributed by atoms with Gasteiger partial charge in [0.15, 0.2) is 0 Å². The fourth-order valence-corrected chi connectivity index (χ4v) is 2.90. The van der Waals surface area contributed by atoms with Crippen LogP contribution in [-0.4, -0.2) is 11.1 Å². The van der Waals surface area contributed by atoms with E-state index in [0.29, 0.717) is 5.56 Å². The second kappa shape index (κ2) is 8.68. The monoisotopic (exact) mass is 360 g/mol. The van der Waals surface area contributed by atoms with Gasteiger partial charge in [0.25, 0.3) is 0 Å². The van der Waals surface area contributed by atoms with Crippen LogP contribution in [0.15, 0.2) is 54.6 Å². The van der Waals surface area contributed by atoms with Gasteiger partial charge in [-0.1, -0.05) is 54.1 Å². The molecule has 140 valence electrons. The van der Waals surface area contributed by atoms with Crippen molar-refractivity contribution in [2.75, 3.05) is 0 Å². The lowest BCUT2D eigenvalue weighted by Crippen LogP contribution is -1.99. The van der Waals surface area contributed by atoms with Crippen LogP contribution in [0.3, 0.4) is 0 Å². The number of hydrogen-bond acceptors (Lipinski definition) is 1. The van der Waals surface area contributed by atoms with Crippen molar-refractivity contribution in [3.8, 4) is 11.1 Å². The van der Waals surface area contributed by atoms with Gasteiger partial charge in [-0.3, -0.25) is 0 Å². The molecule has 3 aromatic rings. The number of aromatic carboxylic acids is 1. The first kappa shape index (κ1) is 20.4. The molecular weight excluding hydrogens is 332 g/mol. The molecule has 0 bridgehead atoms. The molecule has 0 saturated heterocycles. The van der Waals surface area contributed by atoms with Crippen LogP contribution in [0.1, 0.15) is 43.7 Å². The summed E-state index contributed by atoms with van der Waals surface area (Å²) in [5.41, 5.74) is 10.3. The third-order valence-corrected chi connectivity index (χ3v) is 4.96. The van der Waals surface area contributed by atoms with Gasteiger partial charge in [0.05, 0.1) is 5.56 Å². The van der Waals surface area contributed by atoms with Crippen molar-refractivity contribution >= 4 is 5.97 Å². The minimum absolute atomic E-state index is 0.385. The van der Waals surface area contributed by atoms with Crippen LogP contribution < -0.4 is 0 Å². The first-order chi connectivity index (χ1) is 12.7. The quantitative estimate of drug-likeness (QED) is 0.560. The maximum atomic E-state index is 10.5. The van der Waals surface area contributed by atoms with Crippen LogP contribution >= 0.6 is 0 Å². The molecule has 0 spiro atoms. The average molecular weight is 360 g/mol. The molecule has 1 N–H and O–H groups in total. The van der Waals surface area contributed by atoms with Gasteiger partial charge in [0, 0.05) is 0 Å². The van der Waals surface area contributed by atoms with E-state index in [2.05, 4.69) is 64.1 Å². The summed E-state index contributed by atoms with van der Waals surface area (Å²) >= 11 is 0. The van der Waals surface area contributed by atoms with Crippen LogP contribution in [0.5, 0.6) is 0 Å². The van der Waals surface area contributed by atoms with E-state index in [-0.39, 0.29) is 0 Å². The Kier molecular flexibility index (Phi) is 6.57. The zero-order valence-electron chi connectivity index (χ0n) is 17.1. The Bertz CT molecular complexity index is 919. The summed E-state index contributed by atoms with van der Waals surface area (Å²) < 4.78 is 0. The Morgan fingerprint density at radius 2 is 1.07 bits per heavy atom. The van der Waals surface area contributed by atoms with Crippen LogP contribution in [0.2, 0.25) is 0 Å². The van der Waals surface area contributed by atoms with E-state index >= 15 is 0 Å². The van der Waals surface area contributed by atoms with E-state index in [1.165, 1.54) is 33.4 Å². The highest BCUT2D eigenvalue weighted by atomic mass is 16.4. The van der Waals surface area contributed by atoms with Gasteiger partial charge in [-0.15, -0.1) is 0 Å². The van der Waals surface area contributed by atoms with E-state index in [9.17, 15) is 4.79 Å². The van der Waals surface area contributed by atoms with E-state index in [0.717, 1.165) is 11.1 Å². The minimum Gasteiger partial charge on any atom is -0.478 e. The number of carbonyl (C=O) groups is 1. The van der Waals surface area contributed by atoms with Crippen molar-refractivity contribution in [1.29, 1.82) is 0 Å². The van der Waals surface area contributed by atoms with Gasteiger partial charge >= 0.3 is 5.97 Å². The van der Waals surface area contributed by atoms with Crippen molar-refractivity contribution in [3.05, 3.63) is 93.5 Å². The molecule has 0 atom stereocenters. The third kappa shape index (κ3) is 5.30. The molecule has 0 aliphatic heterocycles. The lowest BCUT2D eigenvalue weighted by atomic mass is 9.98. The number of hydrogen-bond donors (Lipinski definition) is 1. The van der Waals surface area contributed by atoms with Gasteiger partial charge in [-0.2, -0.15) is 0 Å². The molecule has 0 unspecified atom stereocenters. The Balaban J connectivity index is 0.000000208. The van der Waals surface area contributed by atoms with Gasteiger partial charge in [0.2, 0.25) is 0 Å². The summed E-state index contributed by atoms with van der Waals surface area (Å²) in [5, 5.41) is 8.66. The Morgan fingerprint density at radius 1 is 0.593 bits per heavy atom. The second-order valence-electron chi connectivity index (χ2n) is 7.22. The predicted molar refractivity (Wildman–Crippen MR) is 114 cm³/mol. The highest BCUT2D eigenvalue weighted by Gasteiger charge is 2.05. The van der Waals surface area contributed by atoms with E-state index in [1.807, 2.05) is 13.0 Å². The first-order valence-electron chi connectivity index (χ1n) is 9.14. The normalized spacial score (nSPS) is 10.1. The molecule has 0 saturated carbocycles. The molecule has 2 heteroatoms. The van der Waals surface area contributed by atoms with Gasteiger partial charge in [-0.25, -0.2) is 4.79 Å². The van der Waals surface area contributed by atoms with Gasteiger partial charge in [0.1, 0.15) is 0 Å². The van der Waals surface area contributed by atoms with Gasteiger partial charge in [-0.05, 0) is 86.6 Å². The Hall–Kier alpha value is -2.87. The average Bonchev–Trinajstić information content (AvgIpc) is 2.60. The minimum atomic E-state index is -0.859. The summed E-state index contributed by atoms with van der Waals surface area (Å²) in [6.45, 7) is 12.4. The number of carboxylic acid groups (broad SMARTS) is 1. The summed E-state index contributed by atoms with van der Waals surface area (Å²) in [4.78, 5) is 10.5. The molecule has 0 heterocycles. The largest absolute Gasteiger partial charge is 0.478 e.